The molecule has 2 aromatic carbocycles. The van der Waals surface area contributed by atoms with Crippen molar-refractivity contribution >= 4 is 0 Å². The minimum absolute atomic E-state index is 0.236. The maximum Gasteiger partial charge on any atom is 0.264 e. The molecule has 118 valence electrons. The van der Waals surface area contributed by atoms with Crippen LogP contribution in [0.5, 0.6) is 11.5 Å². The lowest BCUT2D eigenvalue weighted by Crippen LogP contribution is -1.96. The van der Waals surface area contributed by atoms with E-state index in [-0.39, 0.29) is 6.61 Å². The molecular formula is C18H18N2O3. The summed E-state index contributed by atoms with van der Waals surface area (Å²) in [6.45, 7) is 4.35. The smallest absolute Gasteiger partial charge is 0.264 e. The van der Waals surface area contributed by atoms with Crippen LogP contribution in [0.3, 0.4) is 0 Å². The Hall–Kier alpha value is -2.82. The topological polar surface area (TPSA) is 57.4 Å². The highest BCUT2D eigenvalue weighted by Crippen LogP contribution is 2.22. The van der Waals surface area contributed by atoms with E-state index >= 15 is 0 Å². The summed E-state index contributed by atoms with van der Waals surface area (Å²) in [5.74, 6) is 2.48. The molecule has 0 aliphatic rings. The minimum Gasteiger partial charge on any atom is -0.497 e. The largest absolute Gasteiger partial charge is 0.497 e. The van der Waals surface area contributed by atoms with E-state index in [2.05, 4.69) is 24.0 Å². The standard InChI is InChI=1S/C18H18N2O3/c1-12-7-8-16(9-13(12)2)22-11-17-19-18(20-23-17)14-5-4-6-15(10-14)21-3/h4-10H,11H2,1-3H3. The van der Waals surface area contributed by atoms with Crippen LogP contribution < -0.4 is 9.47 Å². The van der Waals surface area contributed by atoms with Crippen molar-refractivity contribution in [3.05, 3.63) is 59.5 Å². The van der Waals surface area contributed by atoms with E-state index in [0.29, 0.717) is 11.7 Å². The van der Waals surface area contributed by atoms with Gasteiger partial charge < -0.3 is 14.0 Å². The Bertz CT molecular complexity index is 812. The van der Waals surface area contributed by atoms with Crippen molar-refractivity contribution in [3.8, 4) is 22.9 Å². The lowest BCUT2D eigenvalue weighted by atomic mass is 10.1. The number of benzene rings is 2. The zero-order chi connectivity index (χ0) is 16.2. The first-order valence-electron chi connectivity index (χ1n) is 7.33. The SMILES string of the molecule is COc1cccc(-c2noc(COc3ccc(C)c(C)c3)n2)c1. The zero-order valence-electron chi connectivity index (χ0n) is 13.4. The molecule has 5 heteroatoms. The average Bonchev–Trinajstić information content (AvgIpc) is 3.05. The van der Waals surface area contributed by atoms with Crippen molar-refractivity contribution in [1.82, 2.24) is 10.1 Å². The zero-order valence-corrected chi connectivity index (χ0v) is 13.4. The van der Waals surface area contributed by atoms with E-state index in [1.54, 1.807) is 7.11 Å². The highest BCUT2D eigenvalue weighted by Gasteiger charge is 2.10. The third kappa shape index (κ3) is 3.51. The molecule has 0 spiro atoms. The maximum atomic E-state index is 5.70. The van der Waals surface area contributed by atoms with Crippen LogP contribution in [0, 0.1) is 13.8 Å². The molecule has 0 radical (unpaired) electrons. The van der Waals surface area contributed by atoms with Gasteiger partial charge in [0.15, 0.2) is 6.61 Å². The Morgan fingerprint density at radius 1 is 1.00 bits per heavy atom. The molecule has 5 nitrogen and oxygen atoms in total. The lowest BCUT2D eigenvalue weighted by molar-refractivity contribution is 0.243. The van der Waals surface area contributed by atoms with Gasteiger partial charge in [-0.2, -0.15) is 4.98 Å². The molecule has 0 saturated heterocycles. The normalized spacial score (nSPS) is 10.6. The van der Waals surface area contributed by atoms with E-state index in [0.717, 1.165) is 17.1 Å². The van der Waals surface area contributed by atoms with Crippen LogP contribution in [0.25, 0.3) is 11.4 Å². The van der Waals surface area contributed by atoms with Gasteiger partial charge in [0.1, 0.15) is 11.5 Å². The number of aromatic nitrogens is 2. The molecule has 0 saturated carbocycles. The van der Waals surface area contributed by atoms with Crippen LogP contribution in [0.1, 0.15) is 17.0 Å². The number of aryl methyl sites for hydroxylation is 2. The fourth-order valence-corrected chi connectivity index (χ4v) is 2.14. The van der Waals surface area contributed by atoms with Crippen molar-refractivity contribution in [1.29, 1.82) is 0 Å². The lowest BCUT2D eigenvalue weighted by Gasteiger charge is -2.05. The van der Waals surface area contributed by atoms with Crippen molar-refractivity contribution in [2.24, 2.45) is 0 Å². The van der Waals surface area contributed by atoms with Gasteiger partial charge in [0.05, 0.1) is 7.11 Å². The second-order valence-electron chi connectivity index (χ2n) is 5.28. The second kappa shape index (κ2) is 6.52. The van der Waals surface area contributed by atoms with Gasteiger partial charge in [0.25, 0.3) is 5.89 Å². The molecule has 0 bridgehead atoms. The van der Waals surface area contributed by atoms with E-state index < -0.39 is 0 Å². The van der Waals surface area contributed by atoms with Gasteiger partial charge in [-0.15, -0.1) is 0 Å². The first kappa shape index (κ1) is 15.1. The fraction of sp³-hybridized carbons (Fsp3) is 0.222. The van der Waals surface area contributed by atoms with Gasteiger partial charge in [0.2, 0.25) is 5.82 Å². The van der Waals surface area contributed by atoms with Crippen LogP contribution in [0.15, 0.2) is 47.0 Å². The molecule has 0 N–H and O–H groups in total. The Balaban J connectivity index is 1.70. The monoisotopic (exact) mass is 310 g/mol. The molecule has 3 rings (SSSR count). The van der Waals surface area contributed by atoms with Gasteiger partial charge in [-0.25, -0.2) is 0 Å². The minimum atomic E-state index is 0.236. The van der Waals surface area contributed by atoms with Crippen molar-refractivity contribution in [2.45, 2.75) is 20.5 Å². The third-order valence-electron chi connectivity index (χ3n) is 3.64. The van der Waals surface area contributed by atoms with Crippen LogP contribution in [0.2, 0.25) is 0 Å². The summed E-state index contributed by atoms with van der Waals surface area (Å²) in [6, 6.07) is 13.5. The summed E-state index contributed by atoms with van der Waals surface area (Å²) in [5.41, 5.74) is 3.26. The van der Waals surface area contributed by atoms with Gasteiger partial charge in [0, 0.05) is 5.56 Å². The van der Waals surface area contributed by atoms with Crippen molar-refractivity contribution in [2.75, 3.05) is 7.11 Å². The van der Waals surface area contributed by atoms with Crippen molar-refractivity contribution < 1.29 is 14.0 Å². The van der Waals surface area contributed by atoms with Gasteiger partial charge in [-0.05, 0) is 49.2 Å². The molecule has 0 unspecified atom stereocenters. The molecule has 23 heavy (non-hydrogen) atoms. The Kier molecular flexibility index (Phi) is 4.28. The molecule has 0 amide bonds. The number of methoxy groups -OCH3 is 1. The first-order valence-corrected chi connectivity index (χ1v) is 7.33. The quantitative estimate of drug-likeness (QED) is 0.714. The van der Waals surface area contributed by atoms with E-state index in [1.807, 2.05) is 42.5 Å². The van der Waals surface area contributed by atoms with Gasteiger partial charge >= 0.3 is 0 Å². The van der Waals surface area contributed by atoms with Gasteiger partial charge in [-0.3, -0.25) is 0 Å². The number of hydrogen-bond acceptors (Lipinski definition) is 5. The summed E-state index contributed by atoms with van der Waals surface area (Å²) in [4.78, 5) is 4.35. The third-order valence-corrected chi connectivity index (χ3v) is 3.64. The Labute approximate surface area is 134 Å². The van der Waals surface area contributed by atoms with Crippen LogP contribution in [-0.4, -0.2) is 17.3 Å². The molecule has 0 atom stereocenters. The summed E-state index contributed by atoms with van der Waals surface area (Å²) in [7, 11) is 1.62. The number of rotatable bonds is 5. The number of hydrogen-bond donors (Lipinski definition) is 0. The van der Waals surface area contributed by atoms with Crippen LogP contribution in [-0.2, 0) is 6.61 Å². The first-order chi connectivity index (χ1) is 11.2. The summed E-state index contributed by atoms with van der Waals surface area (Å²) in [6.07, 6.45) is 0. The highest BCUT2D eigenvalue weighted by atomic mass is 16.5. The molecule has 1 heterocycles. The Morgan fingerprint density at radius 2 is 1.87 bits per heavy atom. The molecular weight excluding hydrogens is 292 g/mol. The molecule has 3 aromatic rings. The van der Waals surface area contributed by atoms with Crippen LogP contribution >= 0.6 is 0 Å². The predicted molar refractivity (Wildman–Crippen MR) is 86.5 cm³/mol. The van der Waals surface area contributed by atoms with Gasteiger partial charge in [-0.1, -0.05) is 23.4 Å². The number of ether oxygens (including phenoxy) is 2. The molecule has 1 aromatic heterocycles. The summed E-state index contributed by atoms with van der Waals surface area (Å²) < 4.78 is 16.1. The second-order valence-corrected chi connectivity index (χ2v) is 5.28. The van der Waals surface area contributed by atoms with Crippen LogP contribution in [0.4, 0.5) is 0 Å². The van der Waals surface area contributed by atoms with E-state index in [4.69, 9.17) is 14.0 Å². The molecule has 0 aliphatic carbocycles. The van der Waals surface area contributed by atoms with E-state index in [1.165, 1.54) is 11.1 Å². The summed E-state index contributed by atoms with van der Waals surface area (Å²) >= 11 is 0. The van der Waals surface area contributed by atoms with Crippen molar-refractivity contribution in [3.63, 3.8) is 0 Å². The Morgan fingerprint density at radius 3 is 2.65 bits per heavy atom. The molecule has 0 aliphatic heterocycles. The maximum absolute atomic E-state index is 5.70. The predicted octanol–water partition coefficient (Wildman–Crippen LogP) is 3.94. The summed E-state index contributed by atoms with van der Waals surface area (Å²) in [5, 5.41) is 3.98. The average molecular weight is 310 g/mol. The van der Waals surface area contributed by atoms with E-state index in [9.17, 15) is 0 Å². The fourth-order valence-electron chi connectivity index (χ4n) is 2.14. The number of nitrogens with zero attached hydrogens (tertiary/aromatic N) is 2. The molecule has 0 fully saturated rings. The highest BCUT2D eigenvalue weighted by molar-refractivity contribution is 5.56.